The number of ether oxygens (including phenoxy) is 4. The molecule has 0 bridgehead atoms. The number of hydrogen-bond acceptors (Lipinski definition) is 6. The van der Waals surface area contributed by atoms with Crippen LogP contribution in [0.5, 0.6) is 11.5 Å². The molecule has 0 spiro atoms. The number of fused-ring (bicyclic) bond motifs is 1. The van der Waals surface area contributed by atoms with Gasteiger partial charge in [0.15, 0.2) is 0 Å². The number of rotatable bonds is 10. The van der Waals surface area contributed by atoms with Crippen molar-refractivity contribution in [1.82, 2.24) is 0 Å². The molecule has 0 aliphatic heterocycles. The number of aryl methyl sites for hydroxylation is 1. The van der Waals surface area contributed by atoms with E-state index >= 15 is 0 Å². The minimum absolute atomic E-state index is 0.130. The second-order valence-electron chi connectivity index (χ2n) is 6.60. The van der Waals surface area contributed by atoms with E-state index < -0.39 is 11.9 Å². The first-order chi connectivity index (χ1) is 13.8. The summed E-state index contributed by atoms with van der Waals surface area (Å²) in [6.07, 6.45) is 0. The van der Waals surface area contributed by atoms with Crippen LogP contribution in [0.2, 0.25) is 0 Å². The molecule has 0 amide bonds. The molecule has 0 heterocycles. The van der Waals surface area contributed by atoms with Gasteiger partial charge in [0.05, 0.1) is 0 Å². The lowest BCUT2D eigenvalue weighted by Crippen LogP contribution is -2.13. The van der Waals surface area contributed by atoms with Crippen LogP contribution < -0.4 is 9.47 Å². The van der Waals surface area contributed by atoms with Crippen molar-refractivity contribution in [1.29, 1.82) is 0 Å². The molecular formula is C23H26O6. The summed E-state index contributed by atoms with van der Waals surface area (Å²) in [7, 11) is 0. The molecule has 0 radical (unpaired) electrons. The Balaban J connectivity index is 2.07. The molecule has 2 aromatic carbocycles. The molecule has 0 saturated heterocycles. The number of carbonyl (C=O) groups excluding carboxylic acids is 2. The summed E-state index contributed by atoms with van der Waals surface area (Å²) in [6, 6.07) is 9.56. The maximum absolute atomic E-state index is 11.5. The summed E-state index contributed by atoms with van der Waals surface area (Å²) in [4.78, 5) is 22.9. The zero-order chi connectivity index (χ0) is 21.4. The third-order valence-electron chi connectivity index (χ3n) is 3.98. The number of carbonyl (C=O) groups is 2. The standard InChI is InChI=1S/C23H26O6/c1-15(2)22(24)28-12-10-26-20-14-17(5)21(19-9-7-6-8-18(19)20)27-11-13-29-23(25)16(3)4/h6-9,14H,1,3,10-13H2,2,4-5H3. The summed E-state index contributed by atoms with van der Waals surface area (Å²) in [5.74, 6) is 0.496. The maximum atomic E-state index is 11.5. The lowest BCUT2D eigenvalue weighted by atomic mass is 10.0. The first kappa shape index (κ1) is 22.0. The van der Waals surface area contributed by atoms with Gasteiger partial charge in [-0.1, -0.05) is 37.4 Å². The Hall–Kier alpha value is -3.28. The Morgan fingerprint density at radius 1 is 0.828 bits per heavy atom. The molecule has 0 aliphatic carbocycles. The van der Waals surface area contributed by atoms with Gasteiger partial charge in [-0.25, -0.2) is 9.59 Å². The van der Waals surface area contributed by atoms with E-state index in [4.69, 9.17) is 18.9 Å². The first-order valence-electron chi connectivity index (χ1n) is 9.24. The highest BCUT2D eigenvalue weighted by Gasteiger charge is 2.13. The first-order valence-corrected chi connectivity index (χ1v) is 9.24. The van der Waals surface area contributed by atoms with Crippen molar-refractivity contribution in [2.24, 2.45) is 0 Å². The minimum Gasteiger partial charge on any atom is -0.489 e. The van der Waals surface area contributed by atoms with E-state index in [9.17, 15) is 9.59 Å². The monoisotopic (exact) mass is 398 g/mol. The van der Waals surface area contributed by atoms with Crippen molar-refractivity contribution < 1.29 is 28.5 Å². The Morgan fingerprint density at radius 2 is 1.34 bits per heavy atom. The highest BCUT2D eigenvalue weighted by molar-refractivity contribution is 5.94. The summed E-state index contributed by atoms with van der Waals surface area (Å²) < 4.78 is 21.8. The summed E-state index contributed by atoms with van der Waals surface area (Å²) in [5.41, 5.74) is 1.58. The van der Waals surface area contributed by atoms with Gasteiger partial charge in [0, 0.05) is 21.9 Å². The van der Waals surface area contributed by atoms with Crippen LogP contribution in [0, 0.1) is 6.92 Å². The number of esters is 2. The molecule has 0 atom stereocenters. The largest absolute Gasteiger partial charge is 0.489 e. The van der Waals surface area contributed by atoms with E-state index in [1.165, 1.54) is 0 Å². The second kappa shape index (κ2) is 10.3. The predicted octanol–water partition coefficient (Wildman–Crippen LogP) is 4.14. The Morgan fingerprint density at radius 3 is 1.90 bits per heavy atom. The van der Waals surface area contributed by atoms with Crippen molar-refractivity contribution in [2.75, 3.05) is 26.4 Å². The van der Waals surface area contributed by atoms with Crippen molar-refractivity contribution in [2.45, 2.75) is 20.8 Å². The van der Waals surface area contributed by atoms with E-state index in [1.807, 2.05) is 37.3 Å². The van der Waals surface area contributed by atoms with Crippen molar-refractivity contribution in [3.05, 3.63) is 60.2 Å². The van der Waals surface area contributed by atoms with Gasteiger partial charge in [0.2, 0.25) is 0 Å². The van der Waals surface area contributed by atoms with Gasteiger partial charge in [-0.2, -0.15) is 0 Å². The average molecular weight is 398 g/mol. The van der Waals surface area contributed by atoms with E-state index in [0.717, 1.165) is 16.3 Å². The zero-order valence-corrected chi connectivity index (χ0v) is 17.1. The van der Waals surface area contributed by atoms with Crippen molar-refractivity contribution in [3.8, 4) is 11.5 Å². The van der Waals surface area contributed by atoms with Gasteiger partial charge in [-0.15, -0.1) is 0 Å². The fourth-order valence-corrected chi connectivity index (χ4v) is 2.57. The van der Waals surface area contributed by atoms with Crippen LogP contribution >= 0.6 is 0 Å². The van der Waals surface area contributed by atoms with Crippen LogP contribution in [-0.2, 0) is 19.1 Å². The summed E-state index contributed by atoms with van der Waals surface area (Å²) >= 11 is 0. The van der Waals surface area contributed by atoms with E-state index in [0.29, 0.717) is 22.6 Å². The molecule has 2 aromatic rings. The van der Waals surface area contributed by atoms with Gasteiger partial charge in [-0.3, -0.25) is 0 Å². The average Bonchev–Trinajstić information content (AvgIpc) is 2.69. The van der Waals surface area contributed by atoms with Gasteiger partial charge >= 0.3 is 11.9 Å². The molecule has 0 saturated carbocycles. The van der Waals surface area contributed by atoms with Crippen LogP contribution in [0.25, 0.3) is 10.8 Å². The SMILES string of the molecule is C=C(C)C(=O)OCCOc1cc(C)c(OCCOC(=O)C(=C)C)c2ccccc12. The Labute approximate surface area is 170 Å². The van der Waals surface area contributed by atoms with E-state index in [-0.39, 0.29) is 26.4 Å². The van der Waals surface area contributed by atoms with Gasteiger partial charge in [0.25, 0.3) is 0 Å². The molecule has 0 aromatic heterocycles. The highest BCUT2D eigenvalue weighted by atomic mass is 16.6. The molecule has 6 nitrogen and oxygen atoms in total. The van der Waals surface area contributed by atoms with Crippen LogP contribution in [0.3, 0.4) is 0 Å². The maximum Gasteiger partial charge on any atom is 0.333 e. The molecule has 0 unspecified atom stereocenters. The molecule has 154 valence electrons. The molecule has 0 fully saturated rings. The lowest BCUT2D eigenvalue weighted by molar-refractivity contribution is -0.140. The van der Waals surface area contributed by atoms with Crippen LogP contribution in [-0.4, -0.2) is 38.4 Å². The summed E-state index contributed by atoms with van der Waals surface area (Å²) in [5, 5.41) is 1.76. The van der Waals surface area contributed by atoms with E-state index in [2.05, 4.69) is 13.2 Å². The molecule has 0 N–H and O–H groups in total. The van der Waals surface area contributed by atoms with Gasteiger partial charge < -0.3 is 18.9 Å². The van der Waals surface area contributed by atoms with Gasteiger partial charge in [0.1, 0.15) is 37.9 Å². The third-order valence-corrected chi connectivity index (χ3v) is 3.98. The topological polar surface area (TPSA) is 71.1 Å². The quantitative estimate of drug-likeness (QED) is 0.340. The van der Waals surface area contributed by atoms with Crippen LogP contribution in [0.15, 0.2) is 54.6 Å². The second-order valence-corrected chi connectivity index (χ2v) is 6.60. The van der Waals surface area contributed by atoms with Crippen LogP contribution in [0.1, 0.15) is 19.4 Å². The molecule has 29 heavy (non-hydrogen) atoms. The number of benzene rings is 2. The molecule has 6 heteroatoms. The minimum atomic E-state index is -0.439. The van der Waals surface area contributed by atoms with Gasteiger partial charge in [-0.05, 0) is 32.4 Å². The molecule has 0 aliphatic rings. The Bertz CT molecular complexity index is 928. The zero-order valence-electron chi connectivity index (χ0n) is 17.1. The molecule has 2 rings (SSSR count). The fraction of sp³-hybridized carbons (Fsp3) is 0.304. The van der Waals surface area contributed by atoms with E-state index in [1.54, 1.807) is 13.8 Å². The predicted molar refractivity (Wildman–Crippen MR) is 111 cm³/mol. The Kier molecular flexibility index (Phi) is 7.83. The third kappa shape index (κ3) is 6.10. The van der Waals surface area contributed by atoms with Crippen molar-refractivity contribution in [3.63, 3.8) is 0 Å². The normalized spacial score (nSPS) is 10.3. The molecular weight excluding hydrogens is 372 g/mol. The number of hydrogen-bond donors (Lipinski definition) is 0. The van der Waals surface area contributed by atoms with Crippen molar-refractivity contribution >= 4 is 22.7 Å². The van der Waals surface area contributed by atoms with Crippen LogP contribution in [0.4, 0.5) is 0 Å². The smallest absolute Gasteiger partial charge is 0.333 e. The summed E-state index contributed by atoms with van der Waals surface area (Å²) in [6.45, 7) is 12.9. The lowest BCUT2D eigenvalue weighted by Gasteiger charge is -2.16. The fourth-order valence-electron chi connectivity index (χ4n) is 2.57. The highest BCUT2D eigenvalue weighted by Crippen LogP contribution is 2.36.